The molecule has 1 spiro atoms. The van der Waals surface area contributed by atoms with E-state index in [1.807, 2.05) is 24.3 Å². The summed E-state index contributed by atoms with van der Waals surface area (Å²) in [6, 6.07) is 7.53. The van der Waals surface area contributed by atoms with Crippen molar-refractivity contribution in [2.45, 2.75) is 145 Å². The summed E-state index contributed by atoms with van der Waals surface area (Å²) in [5.74, 6) is 0.730. The standard InChI is InChI=1S/C50H66O2/c1-35(2)17-11-18-36(3)19-12-20-37(4)21-13-22-38(5)23-14-24-39(6)25-15-26-40(7)27-16-28-41-31-32-50-46-34-42(33-45(41)46)49(50,8)47(51)43-29-9-10-30-44(43)48(50)52/h9-10,17,19,21,23,25,27,29-31,33,42,46H,11-16,18,20,22,24,26,28,32,34H2,1-8H3/b36-19+,37-21+,38-23+,39-25+,40-27+/t42-,46-,49?,50?/m1/s1. The van der Waals surface area contributed by atoms with Crippen molar-refractivity contribution in [3.63, 3.8) is 0 Å². The Labute approximate surface area is 316 Å². The maximum atomic E-state index is 14.1. The number of carbonyl (C=O) groups excluding carboxylic acids is 2. The lowest BCUT2D eigenvalue weighted by molar-refractivity contribution is 0.0215. The minimum Gasteiger partial charge on any atom is -0.293 e. The Balaban J connectivity index is 1.01. The van der Waals surface area contributed by atoms with Crippen LogP contribution in [0.15, 0.2) is 117 Å². The van der Waals surface area contributed by atoms with Crippen molar-refractivity contribution < 1.29 is 9.59 Å². The SMILES string of the molecule is CC(C)=CCC/C(C)=C/CC/C(C)=C/CC/C(C)=C/CC/C(C)=C/CC/C(C)=C/CCC1=CCC23C(=O)c4ccccc4C(=O)C2(C)[C@@H]2C=C1[C@H]3C2. The minimum absolute atomic E-state index is 0.161. The molecule has 2 unspecified atom stereocenters. The van der Waals surface area contributed by atoms with Gasteiger partial charge in [-0.05, 0) is 161 Å². The molecule has 1 aromatic carbocycles. The monoisotopic (exact) mass is 699 g/mol. The Hall–Kier alpha value is -3.52. The largest absolute Gasteiger partial charge is 0.293 e. The number of allylic oxidation sites excluding steroid dienone is 16. The number of hydrogen-bond donors (Lipinski definition) is 0. The molecule has 2 heteroatoms. The van der Waals surface area contributed by atoms with Crippen LogP contribution in [0.5, 0.6) is 0 Å². The summed E-state index contributed by atoms with van der Waals surface area (Å²) in [6.45, 7) is 17.8. The highest BCUT2D eigenvalue weighted by molar-refractivity contribution is 6.20. The van der Waals surface area contributed by atoms with Crippen LogP contribution in [0, 0.1) is 22.7 Å². The van der Waals surface area contributed by atoms with Crippen molar-refractivity contribution in [3.8, 4) is 0 Å². The average Bonchev–Trinajstić information content (AvgIpc) is 3.67. The van der Waals surface area contributed by atoms with Crippen molar-refractivity contribution in [3.05, 3.63) is 129 Å². The van der Waals surface area contributed by atoms with Gasteiger partial charge in [0.2, 0.25) is 0 Å². The Morgan fingerprint density at radius 2 is 1.08 bits per heavy atom. The average molecular weight is 699 g/mol. The highest BCUT2D eigenvalue weighted by Gasteiger charge is 2.74. The maximum Gasteiger partial charge on any atom is 0.171 e. The van der Waals surface area contributed by atoms with Crippen LogP contribution in [-0.2, 0) is 0 Å². The number of ketones is 2. The fourth-order valence-electron chi connectivity index (χ4n) is 9.69. The van der Waals surface area contributed by atoms with E-state index in [0.29, 0.717) is 17.5 Å². The quantitative estimate of drug-likeness (QED) is 0.143. The number of fused-ring (bicyclic) bond motifs is 3. The summed E-state index contributed by atoms with van der Waals surface area (Å²) in [6.07, 6.45) is 34.3. The van der Waals surface area contributed by atoms with Gasteiger partial charge in [0.1, 0.15) is 0 Å². The zero-order valence-corrected chi connectivity index (χ0v) is 33.8. The van der Waals surface area contributed by atoms with Crippen LogP contribution in [0.3, 0.4) is 0 Å². The summed E-state index contributed by atoms with van der Waals surface area (Å²) < 4.78 is 0. The zero-order valence-electron chi connectivity index (χ0n) is 33.8. The van der Waals surface area contributed by atoms with Gasteiger partial charge >= 0.3 is 0 Å². The lowest BCUT2D eigenvalue weighted by atomic mass is 9.46. The van der Waals surface area contributed by atoms with Gasteiger partial charge < -0.3 is 0 Å². The van der Waals surface area contributed by atoms with Gasteiger partial charge in [0.25, 0.3) is 0 Å². The van der Waals surface area contributed by atoms with Gasteiger partial charge in [-0.3, -0.25) is 9.59 Å². The van der Waals surface area contributed by atoms with Crippen LogP contribution in [0.1, 0.15) is 166 Å². The summed E-state index contributed by atoms with van der Waals surface area (Å²) in [5.41, 5.74) is 11.7. The van der Waals surface area contributed by atoms with E-state index in [1.165, 1.54) is 57.4 Å². The lowest BCUT2D eigenvalue weighted by Crippen LogP contribution is -2.58. The van der Waals surface area contributed by atoms with Crippen molar-refractivity contribution in [1.29, 1.82) is 0 Å². The van der Waals surface area contributed by atoms with Crippen molar-refractivity contribution >= 4 is 11.6 Å². The van der Waals surface area contributed by atoms with Crippen molar-refractivity contribution in [2.75, 3.05) is 0 Å². The first-order valence-electron chi connectivity index (χ1n) is 20.4. The van der Waals surface area contributed by atoms with E-state index < -0.39 is 10.8 Å². The molecule has 4 aliphatic carbocycles. The second kappa shape index (κ2) is 17.5. The molecule has 5 rings (SSSR count). The first-order chi connectivity index (χ1) is 24.9. The zero-order chi connectivity index (χ0) is 37.5. The smallest absolute Gasteiger partial charge is 0.171 e. The summed E-state index contributed by atoms with van der Waals surface area (Å²) in [7, 11) is 0. The van der Waals surface area contributed by atoms with Gasteiger partial charge in [0.05, 0.1) is 10.8 Å². The molecule has 1 saturated carbocycles. The molecule has 4 atom stereocenters. The lowest BCUT2D eigenvalue weighted by Gasteiger charge is -2.53. The van der Waals surface area contributed by atoms with Crippen molar-refractivity contribution in [1.82, 2.24) is 0 Å². The van der Waals surface area contributed by atoms with Gasteiger partial charge in [-0.25, -0.2) is 0 Å². The summed E-state index contributed by atoms with van der Waals surface area (Å²) >= 11 is 0. The van der Waals surface area contributed by atoms with E-state index in [9.17, 15) is 9.59 Å². The highest BCUT2D eigenvalue weighted by Crippen LogP contribution is 2.73. The molecule has 52 heavy (non-hydrogen) atoms. The van der Waals surface area contributed by atoms with Crippen LogP contribution < -0.4 is 0 Å². The molecule has 0 radical (unpaired) electrons. The molecule has 0 N–H and O–H groups in total. The van der Waals surface area contributed by atoms with E-state index in [2.05, 4.69) is 104 Å². The normalized spacial score (nSPS) is 26.0. The van der Waals surface area contributed by atoms with Gasteiger partial charge in [-0.15, -0.1) is 0 Å². The molecule has 0 heterocycles. The number of hydrogen-bond acceptors (Lipinski definition) is 2. The molecule has 0 saturated heterocycles. The van der Waals surface area contributed by atoms with Gasteiger partial charge in [0, 0.05) is 11.1 Å². The third kappa shape index (κ3) is 8.48. The van der Waals surface area contributed by atoms with Crippen LogP contribution in [0.4, 0.5) is 0 Å². The first-order valence-corrected chi connectivity index (χ1v) is 20.4. The predicted molar refractivity (Wildman–Crippen MR) is 222 cm³/mol. The second-order valence-corrected chi connectivity index (χ2v) is 17.1. The van der Waals surface area contributed by atoms with E-state index in [1.54, 1.807) is 0 Å². The number of Topliss-reactive ketones (excluding diaryl/α,β-unsaturated/α-hetero) is 2. The molecule has 0 amide bonds. The van der Waals surface area contributed by atoms with E-state index in [0.717, 1.165) is 70.6 Å². The second-order valence-electron chi connectivity index (χ2n) is 17.1. The van der Waals surface area contributed by atoms with Gasteiger partial charge in [-0.2, -0.15) is 0 Å². The third-order valence-corrected chi connectivity index (χ3v) is 13.0. The predicted octanol–water partition coefficient (Wildman–Crippen LogP) is 14.3. The Kier molecular flexibility index (Phi) is 13.4. The minimum atomic E-state index is -0.620. The van der Waals surface area contributed by atoms with Crippen molar-refractivity contribution in [2.24, 2.45) is 22.7 Å². The van der Waals surface area contributed by atoms with Crippen LogP contribution in [0.2, 0.25) is 0 Å². The fourth-order valence-corrected chi connectivity index (χ4v) is 9.69. The number of benzene rings is 1. The maximum absolute atomic E-state index is 14.1. The molecular formula is C50H66O2. The molecule has 2 nitrogen and oxygen atoms in total. The summed E-state index contributed by atoms with van der Waals surface area (Å²) in [4.78, 5) is 28.0. The molecular weight excluding hydrogens is 633 g/mol. The van der Waals surface area contributed by atoms with Gasteiger partial charge in [0.15, 0.2) is 11.6 Å². The van der Waals surface area contributed by atoms with Crippen LogP contribution >= 0.6 is 0 Å². The molecule has 0 aromatic heterocycles. The molecule has 4 aliphatic rings. The first kappa shape index (κ1) is 39.7. The topological polar surface area (TPSA) is 34.1 Å². The Bertz CT molecular complexity index is 1760. The van der Waals surface area contributed by atoms with Crippen LogP contribution in [0.25, 0.3) is 0 Å². The summed E-state index contributed by atoms with van der Waals surface area (Å²) in [5, 5.41) is 0. The molecule has 0 aliphatic heterocycles. The van der Waals surface area contributed by atoms with E-state index in [-0.39, 0.29) is 23.4 Å². The van der Waals surface area contributed by atoms with Gasteiger partial charge in [-0.1, -0.05) is 113 Å². The number of carbonyl (C=O) groups is 2. The highest BCUT2D eigenvalue weighted by atomic mass is 16.1. The van der Waals surface area contributed by atoms with E-state index >= 15 is 0 Å². The number of rotatable bonds is 18. The Morgan fingerprint density at radius 1 is 0.635 bits per heavy atom. The molecule has 2 bridgehead atoms. The molecule has 1 aromatic rings. The molecule has 1 fully saturated rings. The third-order valence-electron chi connectivity index (χ3n) is 13.0. The molecule has 278 valence electrons. The fraction of sp³-hybridized carbons (Fsp3) is 0.520. The van der Waals surface area contributed by atoms with Crippen LogP contribution in [-0.4, -0.2) is 11.6 Å². The van der Waals surface area contributed by atoms with E-state index in [4.69, 9.17) is 0 Å². The Morgan fingerprint density at radius 3 is 1.56 bits per heavy atom.